The topological polar surface area (TPSA) is 78.1 Å². The molecule has 2 N–H and O–H groups in total. The van der Waals surface area contributed by atoms with Crippen LogP contribution in [-0.2, 0) is 12.8 Å². The average Bonchev–Trinajstić information content (AvgIpc) is 3.21. The van der Waals surface area contributed by atoms with Crippen LogP contribution in [0.25, 0.3) is 11.3 Å². The first kappa shape index (κ1) is 21.6. The van der Waals surface area contributed by atoms with Gasteiger partial charge in [0.05, 0.1) is 11.4 Å². The molecule has 0 saturated heterocycles. The molecule has 0 aliphatic carbocycles. The highest BCUT2D eigenvalue weighted by atomic mass is 16.2. The quantitative estimate of drug-likeness (QED) is 0.422. The number of nitrogens with one attached hydrogen (secondary N) is 2. The molecule has 1 aliphatic rings. The molecule has 4 aromatic rings. The van der Waals surface area contributed by atoms with E-state index in [0.29, 0.717) is 24.1 Å². The third-order valence-electron chi connectivity index (χ3n) is 6.02. The molecule has 0 bridgehead atoms. The number of nitrogens with zero attached hydrogens (tertiary/aromatic N) is 2. The Morgan fingerprint density at radius 3 is 2.41 bits per heavy atom. The zero-order valence-electron chi connectivity index (χ0n) is 19.0. The van der Waals surface area contributed by atoms with Crippen LogP contribution < -0.4 is 10.2 Å². The number of rotatable bonds is 5. The predicted octanol–water partition coefficient (Wildman–Crippen LogP) is 5.48. The molecular formula is C28H26N4O2. The summed E-state index contributed by atoms with van der Waals surface area (Å²) in [6, 6.07) is 24.0. The van der Waals surface area contributed by atoms with Crippen LogP contribution in [0.3, 0.4) is 0 Å². The molecule has 170 valence electrons. The highest BCUT2D eigenvalue weighted by Crippen LogP contribution is 2.36. The second kappa shape index (κ2) is 9.35. The number of carbonyl (C=O) groups excluding carboxylic acids is 2. The van der Waals surface area contributed by atoms with Gasteiger partial charge in [-0.2, -0.15) is 0 Å². The molecule has 6 heteroatoms. The Labute approximate surface area is 198 Å². The van der Waals surface area contributed by atoms with Gasteiger partial charge in [-0.15, -0.1) is 0 Å². The number of aromatic nitrogens is 2. The van der Waals surface area contributed by atoms with Crippen LogP contribution in [0.15, 0.2) is 78.9 Å². The zero-order valence-corrected chi connectivity index (χ0v) is 19.0. The summed E-state index contributed by atoms with van der Waals surface area (Å²) in [7, 11) is 0. The maximum absolute atomic E-state index is 13.5. The molecule has 0 saturated carbocycles. The van der Waals surface area contributed by atoms with Crippen molar-refractivity contribution in [2.45, 2.75) is 26.2 Å². The van der Waals surface area contributed by atoms with Gasteiger partial charge >= 0.3 is 0 Å². The van der Waals surface area contributed by atoms with Gasteiger partial charge in [-0.25, -0.2) is 4.98 Å². The van der Waals surface area contributed by atoms with E-state index in [2.05, 4.69) is 17.2 Å². The van der Waals surface area contributed by atoms with Crippen molar-refractivity contribution in [3.05, 3.63) is 102 Å². The second-order valence-electron chi connectivity index (χ2n) is 8.38. The van der Waals surface area contributed by atoms with Gasteiger partial charge in [0, 0.05) is 47.5 Å². The first-order valence-corrected chi connectivity index (χ1v) is 11.6. The Hall–Kier alpha value is -4.19. The van der Waals surface area contributed by atoms with Gasteiger partial charge in [0.15, 0.2) is 0 Å². The molecule has 2 amide bonds. The van der Waals surface area contributed by atoms with Crippen molar-refractivity contribution in [2.75, 3.05) is 16.8 Å². The summed E-state index contributed by atoms with van der Waals surface area (Å²) in [6.45, 7) is 2.69. The van der Waals surface area contributed by atoms with Crippen molar-refractivity contribution in [3.8, 4) is 11.3 Å². The van der Waals surface area contributed by atoms with E-state index in [9.17, 15) is 9.59 Å². The van der Waals surface area contributed by atoms with Crippen molar-refractivity contribution in [2.24, 2.45) is 0 Å². The number of fused-ring (bicyclic) bond motifs is 3. The molecule has 6 nitrogen and oxygen atoms in total. The monoisotopic (exact) mass is 450 g/mol. The normalized spacial score (nSPS) is 12.4. The van der Waals surface area contributed by atoms with E-state index in [1.165, 1.54) is 0 Å². The van der Waals surface area contributed by atoms with E-state index in [1.807, 2.05) is 59.5 Å². The largest absolute Gasteiger partial charge is 0.345 e. The Kier molecular flexibility index (Phi) is 5.95. The van der Waals surface area contributed by atoms with Crippen molar-refractivity contribution in [1.82, 2.24) is 9.97 Å². The Morgan fingerprint density at radius 1 is 0.941 bits per heavy atom. The summed E-state index contributed by atoms with van der Waals surface area (Å²) >= 11 is 0. The number of anilines is 2. The lowest BCUT2D eigenvalue weighted by molar-refractivity contribution is 0.0984. The van der Waals surface area contributed by atoms with Gasteiger partial charge in [-0.1, -0.05) is 43.3 Å². The van der Waals surface area contributed by atoms with Crippen LogP contribution >= 0.6 is 0 Å². The number of aryl methyl sites for hydroxylation is 1. The minimum Gasteiger partial charge on any atom is -0.345 e. The fraction of sp³-hybridized carbons (Fsp3) is 0.179. The number of para-hydroxylation sites is 2. The Balaban J connectivity index is 1.39. The molecule has 1 aromatic heterocycles. The number of carbonyl (C=O) groups is 2. The van der Waals surface area contributed by atoms with Crippen LogP contribution in [0.4, 0.5) is 11.4 Å². The van der Waals surface area contributed by atoms with Crippen LogP contribution in [0, 0.1) is 0 Å². The van der Waals surface area contributed by atoms with E-state index in [-0.39, 0.29) is 11.8 Å². The van der Waals surface area contributed by atoms with E-state index in [1.54, 1.807) is 24.3 Å². The van der Waals surface area contributed by atoms with Gasteiger partial charge in [-0.05, 0) is 48.9 Å². The number of imidazole rings is 1. The molecule has 1 aliphatic heterocycles. The molecule has 2 heterocycles. The van der Waals surface area contributed by atoms with Crippen LogP contribution in [-0.4, -0.2) is 28.3 Å². The number of hydrogen-bond acceptors (Lipinski definition) is 3. The SMILES string of the molecule is CCCc1nc2c([nH]1)CCN(C(=O)c1ccc(C(=O)Nc3ccccc3)cc1)c1ccccc1-2. The lowest BCUT2D eigenvalue weighted by Crippen LogP contribution is -2.32. The highest BCUT2D eigenvalue weighted by Gasteiger charge is 2.27. The van der Waals surface area contributed by atoms with Gasteiger partial charge in [0.25, 0.3) is 11.8 Å². The zero-order chi connectivity index (χ0) is 23.5. The van der Waals surface area contributed by atoms with Crippen LogP contribution in [0.5, 0.6) is 0 Å². The van der Waals surface area contributed by atoms with Gasteiger partial charge in [0.2, 0.25) is 0 Å². The molecule has 3 aromatic carbocycles. The van der Waals surface area contributed by atoms with Gasteiger partial charge in [-0.3, -0.25) is 9.59 Å². The smallest absolute Gasteiger partial charge is 0.258 e. The standard InChI is InChI=1S/C28H26N4O2/c1-2-8-25-30-23-17-18-32(24-12-7-6-11-22(24)26(23)31-25)28(34)20-15-13-19(14-16-20)27(33)29-21-9-4-3-5-10-21/h3-7,9-16H,2,8,17-18H2,1H3,(H,29,33)(H,30,31). The first-order chi connectivity index (χ1) is 16.6. The van der Waals surface area contributed by atoms with E-state index in [4.69, 9.17) is 4.98 Å². The van der Waals surface area contributed by atoms with E-state index in [0.717, 1.165) is 47.0 Å². The Morgan fingerprint density at radius 2 is 1.65 bits per heavy atom. The number of hydrogen-bond donors (Lipinski definition) is 2. The van der Waals surface area contributed by atoms with Crippen molar-refractivity contribution < 1.29 is 9.59 Å². The minimum absolute atomic E-state index is 0.0959. The summed E-state index contributed by atoms with van der Waals surface area (Å²) in [5.41, 5.74) is 5.58. The van der Waals surface area contributed by atoms with Crippen LogP contribution in [0.2, 0.25) is 0 Å². The molecule has 0 spiro atoms. The minimum atomic E-state index is -0.210. The summed E-state index contributed by atoms with van der Waals surface area (Å²) in [4.78, 5) is 36.2. The number of aromatic amines is 1. The van der Waals surface area contributed by atoms with Gasteiger partial charge in [0.1, 0.15) is 5.82 Å². The lowest BCUT2D eigenvalue weighted by atomic mass is 10.1. The molecule has 0 atom stereocenters. The van der Waals surface area contributed by atoms with Crippen molar-refractivity contribution in [3.63, 3.8) is 0 Å². The lowest BCUT2D eigenvalue weighted by Gasteiger charge is -2.23. The van der Waals surface area contributed by atoms with E-state index < -0.39 is 0 Å². The molecule has 0 unspecified atom stereocenters. The summed E-state index contributed by atoms with van der Waals surface area (Å²) in [6.07, 6.45) is 2.63. The van der Waals surface area contributed by atoms with Gasteiger partial charge < -0.3 is 15.2 Å². The molecule has 5 rings (SSSR count). The maximum atomic E-state index is 13.5. The maximum Gasteiger partial charge on any atom is 0.258 e. The third-order valence-corrected chi connectivity index (χ3v) is 6.02. The summed E-state index contributed by atoms with van der Waals surface area (Å²) in [5, 5.41) is 2.87. The number of H-pyrrole nitrogens is 1. The number of benzene rings is 3. The molecule has 0 radical (unpaired) electrons. The van der Waals surface area contributed by atoms with Crippen LogP contribution in [0.1, 0.15) is 45.6 Å². The molecule has 0 fully saturated rings. The first-order valence-electron chi connectivity index (χ1n) is 11.6. The van der Waals surface area contributed by atoms with Crippen molar-refractivity contribution >= 4 is 23.2 Å². The molecular weight excluding hydrogens is 424 g/mol. The summed E-state index contributed by atoms with van der Waals surface area (Å²) < 4.78 is 0. The summed E-state index contributed by atoms with van der Waals surface area (Å²) in [5.74, 6) is 0.686. The average molecular weight is 451 g/mol. The van der Waals surface area contributed by atoms with Crippen molar-refractivity contribution in [1.29, 1.82) is 0 Å². The fourth-order valence-corrected chi connectivity index (χ4v) is 4.33. The fourth-order valence-electron chi connectivity index (χ4n) is 4.33. The third kappa shape index (κ3) is 4.22. The number of amides is 2. The Bertz CT molecular complexity index is 1330. The second-order valence-corrected chi connectivity index (χ2v) is 8.38. The predicted molar refractivity (Wildman–Crippen MR) is 134 cm³/mol. The molecule has 34 heavy (non-hydrogen) atoms. The highest BCUT2D eigenvalue weighted by molar-refractivity contribution is 6.09. The van der Waals surface area contributed by atoms with E-state index >= 15 is 0 Å².